The van der Waals surface area contributed by atoms with Crippen LogP contribution in [-0.4, -0.2) is 10.9 Å². The summed E-state index contributed by atoms with van der Waals surface area (Å²) in [7, 11) is 0. The average molecular weight is 236 g/mol. The highest BCUT2D eigenvalue weighted by Crippen LogP contribution is 2.31. The smallest absolute Gasteiger partial charge is 0.0439 e. The molecule has 1 fully saturated rings. The quantitative estimate of drug-likeness (QED) is 0.713. The summed E-state index contributed by atoms with van der Waals surface area (Å²) in [4.78, 5) is 4.13. The zero-order chi connectivity index (χ0) is 11.2. The number of hydrogen-bond acceptors (Lipinski definition) is 1. The van der Waals surface area contributed by atoms with Gasteiger partial charge in [-0.25, -0.2) is 0 Å². The Morgan fingerprint density at radius 1 is 1.38 bits per heavy atom. The minimum absolute atomic E-state index is 0.652. The fraction of sp³-hybridized carbons (Fsp3) is 0.500. The van der Waals surface area contributed by atoms with Crippen LogP contribution in [0.1, 0.15) is 37.7 Å². The number of pyridine rings is 1. The lowest BCUT2D eigenvalue weighted by molar-refractivity contribution is 0.405. The first-order valence-corrected chi connectivity index (χ1v) is 6.60. The topological polar surface area (TPSA) is 12.9 Å². The zero-order valence-corrected chi connectivity index (χ0v) is 10.3. The molecule has 1 saturated carbocycles. The summed E-state index contributed by atoms with van der Waals surface area (Å²) in [6.07, 6.45) is 12.6. The molecular formula is C14H18ClN. The Hall–Kier alpha value is -0.820. The van der Waals surface area contributed by atoms with E-state index in [-0.39, 0.29) is 0 Å². The van der Waals surface area contributed by atoms with E-state index in [1.54, 1.807) is 6.20 Å². The van der Waals surface area contributed by atoms with Crippen LogP contribution >= 0.6 is 11.6 Å². The van der Waals surface area contributed by atoms with Crippen molar-refractivity contribution in [1.29, 1.82) is 0 Å². The molecule has 2 rings (SSSR count). The second-order valence-corrected chi connectivity index (χ2v) is 4.74. The Balaban J connectivity index is 2.12. The summed E-state index contributed by atoms with van der Waals surface area (Å²) in [5.74, 6) is 1.35. The van der Waals surface area contributed by atoms with E-state index in [4.69, 9.17) is 11.6 Å². The Kier molecular flexibility index (Phi) is 4.41. The molecule has 16 heavy (non-hydrogen) atoms. The molecule has 2 heteroatoms. The molecule has 0 unspecified atom stereocenters. The van der Waals surface area contributed by atoms with Gasteiger partial charge in [-0.05, 0) is 30.4 Å². The van der Waals surface area contributed by atoms with Crippen molar-refractivity contribution in [3.8, 4) is 0 Å². The van der Waals surface area contributed by atoms with Gasteiger partial charge in [0, 0.05) is 18.3 Å². The van der Waals surface area contributed by atoms with E-state index in [1.807, 2.05) is 12.3 Å². The fourth-order valence-electron chi connectivity index (χ4n) is 2.41. The third-order valence-electron chi connectivity index (χ3n) is 3.32. The van der Waals surface area contributed by atoms with Crippen LogP contribution in [0.4, 0.5) is 0 Å². The number of aromatic nitrogens is 1. The van der Waals surface area contributed by atoms with Gasteiger partial charge in [0.2, 0.25) is 0 Å². The molecular weight excluding hydrogens is 218 g/mol. The highest BCUT2D eigenvalue weighted by Gasteiger charge is 2.16. The van der Waals surface area contributed by atoms with Gasteiger partial charge in [-0.3, -0.25) is 4.98 Å². The van der Waals surface area contributed by atoms with Gasteiger partial charge in [-0.1, -0.05) is 37.0 Å². The van der Waals surface area contributed by atoms with Crippen LogP contribution in [-0.2, 0) is 0 Å². The van der Waals surface area contributed by atoms with E-state index in [9.17, 15) is 0 Å². The van der Waals surface area contributed by atoms with Gasteiger partial charge in [-0.2, -0.15) is 0 Å². The lowest BCUT2D eigenvalue weighted by Gasteiger charge is -2.23. The molecule has 0 aromatic carbocycles. The molecule has 0 N–H and O–H groups in total. The number of rotatable bonds is 3. The highest BCUT2D eigenvalue weighted by molar-refractivity contribution is 6.19. The average Bonchev–Trinajstić information content (AvgIpc) is 2.38. The lowest BCUT2D eigenvalue weighted by atomic mass is 9.84. The van der Waals surface area contributed by atoms with Crippen molar-refractivity contribution in [2.75, 3.05) is 5.88 Å². The number of alkyl halides is 1. The fourth-order valence-corrected chi connectivity index (χ4v) is 2.71. The van der Waals surface area contributed by atoms with Gasteiger partial charge >= 0.3 is 0 Å². The van der Waals surface area contributed by atoms with Crippen LogP contribution in [0.3, 0.4) is 0 Å². The van der Waals surface area contributed by atoms with Crippen LogP contribution in [0, 0.1) is 5.92 Å². The largest absolute Gasteiger partial charge is 0.264 e. The van der Waals surface area contributed by atoms with E-state index >= 15 is 0 Å². The number of nitrogens with zero attached hydrogens (tertiary/aromatic N) is 1. The van der Waals surface area contributed by atoms with E-state index in [1.165, 1.54) is 43.2 Å². The first kappa shape index (κ1) is 11.7. The first-order chi connectivity index (χ1) is 7.90. The van der Waals surface area contributed by atoms with Gasteiger partial charge in [-0.15, -0.1) is 11.6 Å². The zero-order valence-electron chi connectivity index (χ0n) is 9.53. The minimum atomic E-state index is 0.652. The molecule has 0 bridgehead atoms. The first-order valence-electron chi connectivity index (χ1n) is 6.06. The van der Waals surface area contributed by atoms with E-state index in [0.717, 1.165) is 0 Å². The summed E-state index contributed by atoms with van der Waals surface area (Å²) >= 11 is 6.06. The predicted octanol–water partition coefficient (Wildman–Crippen LogP) is 4.28. The normalized spacial score (nSPS) is 18.7. The van der Waals surface area contributed by atoms with Crippen molar-refractivity contribution in [2.24, 2.45) is 5.92 Å². The molecule has 0 aliphatic heterocycles. The van der Waals surface area contributed by atoms with Crippen molar-refractivity contribution >= 4 is 17.7 Å². The maximum absolute atomic E-state index is 6.06. The van der Waals surface area contributed by atoms with Crippen LogP contribution in [0.5, 0.6) is 0 Å². The Bertz CT molecular complexity index is 339. The molecule has 1 aromatic heterocycles. The van der Waals surface area contributed by atoms with Crippen LogP contribution in [0.25, 0.3) is 6.08 Å². The second kappa shape index (κ2) is 6.05. The maximum Gasteiger partial charge on any atom is 0.0439 e. The summed E-state index contributed by atoms with van der Waals surface area (Å²) in [6, 6.07) is 4.06. The summed E-state index contributed by atoms with van der Waals surface area (Å²) in [6.45, 7) is 0. The summed E-state index contributed by atoms with van der Waals surface area (Å²) in [5, 5.41) is 0. The molecule has 1 aliphatic carbocycles. The lowest BCUT2D eigenvalue weighted by Crippen LogP contribution is -2.10. The Morgan fingerprint density at radius 3 is 2.81 bits per heavy atom. The van der Waals surface area contributed by atoms with Gasteiger partial charge in [0.1, 0.15) is 0 Å². The van der Waals surface area contributed by atoms with Gasteiger partial charge in [0.25, 0.3) is 0 Å². The van der Waals surface area contributed by atoms with Crippen LogP contribution < -0.4 is 0 Å². The molecule has 1 nitrogen and oxygen atoms in total. The van der Waals surface area contributed by atoms with Gasteiger partial charge in [0.15, 0.2) is 0 Å². The van der Waals surface area contributed by atoms with Crippen LogP contribution in [0.2, 0.25) is 0 Å². The monoisotopic (exact) mass is 235 g/mol. The molecule has 0 radical (unpaired) electrons. The highest BCUT2D eigenvalue weighted by atomic mass is 35.5. The van der Waals surface area contributed by atoms with Crippen molar-refractivity contribution < 1.29 is 0 Å². The van der Waals surface area contributed by atoms with Crippen molar-refractivity contribution in [1.82, 2.24) is 4.98 Å². The van der Waals surface area contributed by atoms with E-state index in [2.05, 4.69) is 17.1 Å². The van der Waals surface area contributed by atoms with Crippen LogP contribution in [0.15, 0.2) is 30.1 Å². The molecule has 86 valence electrons. The summed E-state index contributed by atoms with van der Waals surface area (Å²) in [5.41, 5.74) is 2.55. The predicted molar refractivity (Wildman–Crippen MR) is 69.5 cm³/mol. The van der Waals surface area contributed by atoms with Crippen molar-refractivity contribution in [3.63, 3.8) is 0 Å². The SMILES string of the molecule is ClCC(=Cc1cccnc1)C1CCCCC1. The van der Waals surface area contributed by atoms with Crippen molar-refractivity contribution in [2.45, 2.75) is 32.1 Å². The van der Waals surface area contributed by atoms with Gasteiger partial charge < -0.3 is 0 Å². The molecule has 1 aliphatic rings. The van der Waals surface area contributed by atoms with E-state index in [0.29, 0.717) is 11.8 Å². The number of allylic oxidation sites excluding steroid dienone is 1. The Morgan fingerprint density at radius 2 is 2.19 bits per heavy atom. The maximum atomic E-state index is 6.06. The number of halogens is 1. The summed E-state index contributed by atoms with van der Waals surface area (Å²) < 4.78 is 0. The molecule has 0 spiro atoms. The third-order valence-corrected chi connectivity index (χ3v) is 3.63. The third kappa shape index (κ3) is 3.08. The Labute approximate surface area is 103 Å². The second-order valence-electron chi connectivity index (χ2n) is 4.47. The van der Waals surface area contributed by atoms with Gasteiger partial charge in [0.05, 0.1) is 0 Å². The van der Waals surface area contributed by atoms with E-state index < -0.39 is 0 Å². The molecule has 1 aromatic rings. The number of hydrogen-bond donors (Lipinski definition) is 0. The molecule has 1 heterocycles. The molecule has 0 saturated heterocycles. The minimum Gasteiger partial charge on any atom is -0.264 e. The molecule has 0 amide bonds. The van der Waals surface area contributed by atoms with Crippen molar-refractivity contribution in [3.05, 3.63) is 35.7 Å². The standard InChI is InChI=1S/C14H18ClN/c15-10-14(13-6-2-1-3-7-13)9-12-5-4-8-16-11-12/h4-5,8-9,11,13H,1-3,6-7,10H2. The molecule has 0 atom stereocenters.